The van der Waals surface area contributed by atoms with Gasteiger partial charge < -0.3 is 11.1 Å². The molecule has 0 aliphatic heterocycles. The summed E-state index contributed by atoms with van der Waals surface area (Å²) >= 11 is 0. The predicted octanol–water partition coefficient (Wildman–Crippen LogP) is 1.81. The molecule has 3 N–H and O–H groups in total. The average Bonchev–Trinajstić information content (AvgIpc) is 2.63. The minimum atomic E-state index is -0.664. The molecule has 1 aliphatic rings. The molecule has 0 bridgehead atoms. The zero-order valence-corrected chi connectivity index (χ0v) is 10.2. The summed E-state index contributed by atoms with van der Waals surface area (Å²) in [6.07, 6.45) is 4.96. The Hall–Kier alpha value is -0.570. The molecule has 1 fully saturated rings. The van der Waals surface area contributed by atoms with E-state index in [0.29, 0.717) is 24.8 Å². The van der Waals surface area contributed by atoms with Gasteiger partial charge in [0.25, 0.3) is 0 Å². The molecule has 0 radical (unpaired) electrons. The Balaban J connectivity index is 2.54. The highest BCUT2D eigenvalue weighted by atomic mass is 16.2. The van der Waals surface area contributed by atoms with Gasteiger partial charge in [-0.15, -0.1) is 0 Å². The lowest BCUT2D eigenvalue weighted by atomic mass is 9.92. The molecule has 0 aromatic carbocycles. The number of amides is 1. The minimum absolute atomic E-state index is 0.0336. The second kappa shape index (κ2) is 4.97. The van der Waals surface area contributed by atoms with Crippen molar-refractivity contribution >= 4 is 5.91 Å². The monoisotopic (exact) mass is 212 g/mol. The number of carbonyl (C=O) groups excluding carboxylic acids is 1. The van der Waals surface area contributed by atoms with Crippen LogP contribution in [0.25, 0.3) is 0 Å². The second-order valence-corrected chi connectivity index (χ2v) is 4.85. The SMILES string of the molecule is CCC(N)(CC)C(=O)NC1CCCC1C. The van der Waals surface area contributed by atoms with Crippen molar-refractivity contribution < 1.29 is 4.79 Å². The van der Waals surface area contributed by atoms with Crippen molar-refractivity contribution in [3.63, 3.8) is 0 Å². The maximum absolute atomic E-state index is 12.0. The lowest BCUT2D eigenvalue weighted by Gasteiger charge is -2.28. The Bertz CT molecular complexity index is 224. The third-order valence-electron chi connectivity index (χ3n) is 3.89. The van der Waals surface area contributed by atoms with Crippen molar-refractivity contribution in [1.82, 2.24) is 5.32 Å². The number of hydrogen-bond acceptors (Lipinski definition) is 2. The smallest absolute Gasteiger partial charge is 0.240 e. The summed E-state index contributed by atoms with van der Waals surface area (Å²) in [6, 6.07) is 0.346. The highest BCUT2D eigenvalue weighted by Gasteiger charge is 2.33. The van der Waals surface area contributed by atoms with Crippen LogP contribution in [0.5, 0.6) is 0 Å². The Labute approximate surface area is 92.8 Å². The number of nitrogens with one attached hydrogen (secondary N) is 1. The normalized spacial score (nSPS) is 26.7. The molecule has 0 aromatic heterocycles. The number of carbonyl (C=O) groups is 1. The van der Waals surface area contributed by atoms with Crippen LogP contribution in [0, 0.1) is 5.92 Å². The van der Waals surface area contributed by atoms with Crippen LogP contribution in [0.3, 0.4) is 0 Å². The Kier molecular flexibility index (Phi) is 4.14. The summed E-state index contributed by atoms with van der Waals surface area (Å²) in [5.41, 5.74) is 5.39. The first kappa shape index (κ1) is 12.5. The van der Waals surface area contributed by atoms with Crippen molar-refractivity contribution in [3.05, 3.63) is 0 Å². The summed E-state index contributed by atoms with van der Waals surface area (Å²) < 4.78 is 0. The maximum Gasteiger partial charge on any atom is 0.240 e. The van der Waals surface area contributed by atoms with Crippen LogP contribution in [0.2, 0.25) is 0 Å². The number of nitrogens with two attached hydrogens (primary N) is 1. The fourth-order valence-corrected chi connectivity index (χ4v) is 2.24. The molecule has 2 unspecified atom stereocenters. The summed E-state index contributed by atoms with van der Waals surface area (Å²) in [7, 11) is 0. The van der Waals surface area contributed by atoms with E-state index in [1.54, 1.807) is 0 Å². The van der Waals surface area contributed by atoms with Gasteiger partial charge in [0, 0.05) is 6.04 Å². The van der Waals surface area contributed by atoms with Gasteiger partial charge in [0.1, 0.15) is 0 Å². The highest BCUT2D eigenvalue weighted by Crippen LogP contribution is 2.25. The van der Waals surface area contributed by atoms with Crippen molar-refractivity contribution in [2.24, 2.45) is 11.7 Å². The summed E-state index contributed by atoms with van der Waals surface area (Å²) in [6.45, 7) is 6.15. The zero-order valence-electron chi connectivity index (χ0n) is 10.2. The molecule has 1 saturated carbocycles. The van der Waals surface area contributed by atoms with E-state index < -0.39 is 5.54 Å². The van der Waals surface area contributed by atoms with Gasteiger partial charge in [-0.3, -0.25) is 4.79 Å². The van der Waals surface area contributed by atoms with Gasteiger partial charge in [-0.2, -0.15) is 0 Å². The second-order valence-electron chi connectivity index (χ2n) is 4.85. The quantitative estimate of drug-likeness (QED) is 0.746. The van der Waals surface area contributed by atoms with Crippen LogP contribution < -0.4 is 11.1 Å². The van der Waals surface area contributed by atoms with E-state index in [-0.39, 0.29) is 5.91 Å². The molecular weight excluding hydrogens is 188 g/mol. The Morgan fingerprint density at radius 1 is 1.40 bits per heavy atom. The van der Waals surface area contributed by atoms with E-state index >= 15 is 0 Å². The summed E-state index contributed by atoms with van der Waals surface area (Å²) in [4.78, 5) is 12.0. The average molecular weight is 212 g/mol. The van der Waals surface area contributed by atoms with Gasteiger partial charge in [0.2, 0.25) is 5.91 Å². The molecule has 88 valence electrons. The molecule has 0 heterocycles. The fourth-order valence-electron chi connectivity index (χ4n) is 2.24. The highest BCUT2D eigenvalue weighted by molar-refractivity contribution is 5.86. The standard InChI is InChI=1S/C12H24N2O/c1-4-12(13,5-2)11(15)14-10-8-6-7-9(10)3/h9-10H,4-8,13H2,1-3H3,(H,14,15). The Morgan fingerprint density at radius 2 is 2.00 bits per heavy atom. The van der Waals surface area contributed by atoms with E-state index in [1.807, 2.05) is 13.8 Å². The van der Waals surface area contributed by atoms with Crippen molar-refractivity contribution in [1.29, 1.82) is 0 Å². The molecule has 15 heavy (non-hydrogen) atoms. The van der Waals surface area contributed by atoms with Gasteiger partial charge in [-0.25, -0.2) is 0 Å². The fraction of sp³-hybridized carbons (Fsp3) is 0.917. The Morgan fingerprint density at radius 3 is 2.40 bits per heavy atom. The molecule has 3 heteroatoms. The van der Waals surface area contributed by atoms with E-state index in [9.17, 15) is 4.79 Å². The number of hydrogen-bond donors (Lipinski definition) is 2. The van der Waals surface area contributed by atoms with Gasteiger partial charge in [0.05, 0.1) is 5.54 Å². The molecule has 0 saturated heterocycles. The van der Waals surface area contributed by atoms with Gasteiger partial charge >= 0.3 is 0 Å². The van der Waals surface area contributed by atoms with Gasteiger partial charge in [-0.1, -0.05) is 27.2 Å². The van der Waals surface area contributed by atoms with Crippen molar-refractivity contribution in [3.8, 4) is 0 Å². The lowest BCUT2D eigenvalue weighted by Crippen LogP contribution is -2.55. The third-order valence-corrected chi connectivity index (χ3v) is 3.89. The van der Waals surface area contributed by atoms with Crippen LogP contribution in [-0.4, -0.2) is 17.5 Å². The summed E-state index contributed by atoms with van der Waals surface area (Å²) in [5, 5.41) is 3.11. The molecule has 1 aliphatic carbocycles. The summed E-state index contributed by atoms with van der Waals surface area (Å²) in [5.74, 6) is 0.637. The molecule has 3 nitrogen and oxygen atoms in total. The third kappa shape index (κ3) is 2.71. The first-order valence-electron chi connectivity index (χ1n) is 6.13. The first-order valence-corrected chi connectivity index (χ1v) is 6.13. The molecule has 2 atom stereocenters. The van der Waals surface area contributed by atoms with Crippen LogP contribution in [-0.2, 0) is 4.79 Å². The molecule has 0 aromatic rings. The van der Waals surface area contributed by atoms with Crippen LogP contribution in [0.1, 0.15) is 52.9 Å². The van der Waals surface area contributed by atoms with Crippen molar-refractivity contribution in [2.75, 3.05) is 0 Å². The van der Waals surface area contributed by atoms with Crippen LogP contribution in [0.4, 0.5) is 0 Å². The predicted molar refractivity (Wildman–Crippen MR) is 62.4 cm³/mol. The zero-order chi connectivity index (χ0) is 11.5. The maximum atomic E-state index is 12.0. The van der Waals surface area contributed by atoms with E-state index in [1.165, 1.54) is 12.8 Å². The van der Waals surface area contributed by atoms with Gasteiger partial charge in [-0.05, 0) is 31.6 Å². The molecular formula is C12H24N2O. The lowest BCUT2D eigenvalue weighted by molar-refractivity contribution is -0.127. The first-order chi connectivity index (χ1) is 7.03. The van der Waals surface area contributed by atoms with E-state index in [0.717, 1.165) is 6.42 Å². The molecule has 1 rings (SSSR count). The minimum Gasteiger partial charge on any atom is -0.352 e. The topological polar surface area (TPSA) is 55.1 Å². The largest absolute Gasteiger partial charge is 0.352 e. The van der Waals surface area contributed by atoms with E-state index in [2.05, 4.69) is 12.2 Å². The van der Waals surface area contributed by atoms with Gasteiger partial charge in [0.15, 0.2) is 0 Å². The van der Waals surface area contributed by atoms with Crippen LogP contribution >= 0.6 is 0 Å². The number of rotatable bonds is 4. The van der Waals surface area contributed by atoms with E-state index in [4.69, 9.17) is 5.73 Å². The van der Waals surface area contributed by atoms with Crippen molar-refractivity contribution in [2.45, 2.75) is 64.5 Å². The van der Waals surface area contributed by atoms with Crippen LogP contribution in [0.15, 0.2) is 0 Å². The molecule has 1 amide bonds. The molecule has 0 spiro atoms.